The average molecular weight is 252 g/mol. The van der Waals surface area contributed by atoms with Crippen LogP contribution in [0.5, 0.6) is 0 Å². The molecule has 18 heavy (non-hydrogen) atoms. The molecule has 0 bridgehead atoms. The summed E-state index contributed by atoms with van der Waals surface area (Å²) in [6.45, 7) is 12.0. The Morgan fingerprint density at radius 1 is 1.17 bits per heavy atom. The number of nitrogens with zero attached hydrogens (tertiary/aromatic N) is 1. The van der Waals surface area contributed by atoms with Gasteiger partial charge in [-0.3, -0.25) is 0 Å². The summed E-state index contributed by atoms with van der Waals surface area (Å²) in [6, 6.07) is 0.885. The van der Waals surface area contributed by atoms with Gasteiger partial charge in [0.25, 0.3) is 0 Å². The second-order valence-corrected chi connectivity index (χ2v) is 6.84. The SMILES string of the molecule is CCN(CC1CCC1)C1CCC1CNCC(C)C. The van der Waals surface area contributed by atoms with Crippen molar-refractivity contribution in [2.24, 2.45) is 17.8 Å². The highest BCUT2D eigenvalue weighted by molar-refractivity contribution is 4.91. The van der Waals surface area contributed by atoms with Gasteiger partial charge >= 0.3 is 0 Å². The second kappa shape index (κ2) is 6.91. The van der Waals surface area contributed by atoms with E-state index < -0.39 is 0 Å². The van der Waals surface area contributed by atoms with Gasteiger partial charge < -0.3 is 10.2 Å². The first-order valence-corrected chi connectivity index (χ1v) is 8.15. The molecule has 2 rings (SSSR count). The maximum atomic E-state index is 3.65. The van der Waals surface area contributed by atoms with Gasteiger partial charge in [0.1, 0.15) is 0 Å². The molecule has 106 valence electrons. The van der Waals surface area contributed by atoms with Gasteiger partial charge in [-0.2, -0.15) is 0 Å². The predicted octanol–water partition coefficient (Wildman–Crippen LogP) is 3.13. The molecule has 0 saturated heterocycles. The van der Waals surface area contributed by atoms with Crippen LogP contribution >= 0.6 is 0 Å². The van der Waals surface area contributed by atoms with Crippen molar-refractivity contribution in [3.8, 4) is 0 Å². The number of rotatable bonds is 8. The summed E-state index contributed by atoms with van der Waals surface area (Å²) in [7, 11) is 0. The van der Waals surface area contributed by atoms with E-state index in [4.69, 9.17) is 0 Å². The van der Waals surface area contributed by atoms with Crippen molar-refractivity contribution in [2.45, 2.75) is 58.9 Å². The van der Waals surface area contributed by atoms with Crippen LogP contribution in [0.15, 0.2) is 0 Å². The molecule has 2 unspecified atom stereocenters. The van der Waals surface area contributed by atoms with E-state index in [2.05, 4.69) is 31.0 Å². The van der Waals surface area contributed by atoms with E-state index in [0.717, 1.165) is 23.8 Å². The van der Waals surface area contributed by atoms with E-state index in [1.165, 1.54) is 58.3 Å². The van der Waals surface area contributed by atoms with E-state index in [-0.39, 0.29) is 0 Å². The molecule has 0 heterocycles. The summed E-state index contributed by atoms with van der Waals surface area (Å²) in [5.74, 6) is 2.72. The molecule has 0 spiro atoms. The van der Waals surface area contributed by atoms with E-state index in [1.54, 1.807) is 0 Å². The summed E-state index contributed by atoms with van der Waals surface area (Å²) in [4.78, 5) is 2.77. The summed E-state index contributed by atoms with van der Waals surface area (Å²) in [5.41, 5.74) is 0. The monoisotopic (exact) mass is 252 g/mol. The van der Waals surface area contributed by atoms with Crippen molar-refractivity contribution in [3.05, 3.63) is 0 Å². The Labute approximate surface area is 114 Å². The summed E-state index contributed by atoms with van der Waals surface area (Å²) < 4.78 is 0. The van der Waals surface area contributed by atoms with Crippen LogP contribution < -0.4 is 5.32 Å². The molecule has 0 aromatic heterocycles. The number of hydrogen-bond donors (Lipinski definition) is 1. The Bertz CT molecular complexity index is 235. The van der Waals surface area contributed by atoms with Crippen molar-refractivity contribution in [3.63, 3.8) is 0 Å². The number of hydrogen-bond acceptors (Lipinski definition) is 2. The van der Waals surface area contributed by atoms with Crippen LogP contribution in [0, 0.1) is 17.8 Å². The van der Waals surface area contributed by atoms with Gasteiger partial charge in [0.15, 0.2) is 0 Å². The van der Waals surface area contributed by atoms with Gasteiger partial charge in [0.05, 0.1) is 0 Å². The first kappa shape index (κ1) is 14.3. The molecule has 2 nitrogen and oxygen atoms in total. The van der Waals surface area contributed by atoms with Gasteiger partial charge in [0, 0.05) is 12.6 Å². The molecule has 1 N–H and O–H groups in total. The van der Waals surface area contributed by atoms with E-state index in [1.807, 2.05) is 0 Å². The second-order valence-electron chi connectivity index (χ2n) is 6.84. The zero-order valence-corrected chi connectivity index (χ0v) is 12.6. The molecule has 2 heteroatoms. The number of nitrogens with one attached hydrogen (secondary N) is 1. The first-order valence-electron chi connectivity index (χ1n) is 8.15. The fraction of sp³-hybridized carbons (Fsp3) is 1.00. The first-order chi connectivity index (χ1) is 8.70. The van der Waals surface area contributed by atoms with Crippen LogP contribution in [0.2, 0.25) is 0 Å². The normalized spacial score (nSPS) is 28.5. The molecular weight excluding hydrogens is 220 g/mol. The molecule has 2 atom stereocenters. The minimum atomic E-state index is 0.779. The maximum Gasteiger partial charge on any atom is 0.0136 e. The van der Waals surface area contributed by atoms with E-state index in [9.17, 15) is 0 Å². The van der Waals surface area contributed by atoms with Crippen molar-refractivity contribution in [1.29, 1.82) is 0 Å². The quantitative estimate of drug-likeness (QED) is 0.714. The lowest BCUT2D eigenvalue weighted by Gasteiger charge is -2.46. The smallest absolute Gasteiger partial charge is 0.0136 e. The maximum absolute atomic E-state index is 3.65. The third kappa shape index (κ3) is 3.71. The lowest BCUT2D eigenvalue weighted by atomic mass is 9.77. The van der Waals surface area contributed by atoms with Crippen molar-refractivity contribution in [1.82, 2.24) is 10.2 Å². The summed E-state index contributed by atoms with van der Waals surface area (Å²) in [6.07, 6.45) is 7.33. The average Bonchev–Trinajstić information content (AvgIpc) is 2.25. The highest BCUT2D eigenvalue weighted by atomic mass is 15.2. The third-order valence-electron chi connectivity index (χ3n) is 4.93. The van der Waals surface area contributed by atoms with Crippen molar-refractivity contribution < 1.29 is 0 Å². The zero-order chi connectivity index (χ0) is 13.0. The van der Waals surface area contributed by atoms with Crippen molar-refractivity contribution in [2.75, 3.05) is 26.2 Å². The summed E-state index contributed by atoms with van der Waals surface area (Å²) >= 11 is 0. The Morgan fingerprint density at radius 2 is 1.94 bits per heavy atom. The lowest BCUT2D eigenvalue weighted by molar-refractivity contribution is 0.0411. The molecule has 2 aliphatic rings. The third-order valence-corrected chi connectivity index (χ3v) is 4.93. The van der Waals surface area contributed by atoms with Crippen LogP contribution in [0.3, 0.4) is 0 Å². The van der Waals surface area contributed by atoms with Gasteiger partial charge in [-0.05, 0) is 63.1 Å². The molecular formula is C16H32N2. The molecule has 2 saturated carbocycles. The molecule has 0 aliphatic heterocycles. The Hall–Kier alpha value is -0.0800. The lowest BCUT2D eigenvalue weighted by Crippen LogP contribution is -2.52. The molecule has 2 aliphatic carbocycles. The fourth-order valence-electron chi connectivity index (χ4n) is 3.33. The standard InChI is InChI=1S/C16H32N2/c1-4-18(12-14-6-5-7-14)16-9-8-15(16)11-17-10-13(2)3/h13-17H,4-12H2,1-3H3. The van der Waals surface area contributed by atoms with E-state index in [0.29, 0.717) is 0 Å². The topological polar surface area (TPSA) is 15.3 Å². The molecule has 0 aromatic rings. The minimum absolute atomic E-state index is 0.779. The highest BCUT2D eigenvalue weighted by Crippen LogP contribution is 2.34. The Kier molecular flexibility index (Phi) is 5.50. The Balaban J connectivity index is 1.69. The van der Waals surface area contributed by atoms with Crippen LogP contribution in [-0.4, -0.2) is 37.1 Å². The highest BCUT2D eigenvalue weighted by Gasteiger charge is 2.35. The summed E-state index contributed by atoms with van der Waals surface area (Å²) in [5, 5.41) is 3.65. The zero-order valence-electron chi connectivity index (χ0n) is 12.6. The van der Waals surface area contributed by atoms with Gasteiger partial charge in [-0.15, -0.1) is 0 Å². The van der Waals surface area contributed by atoms with Crippen LogP contribution in [0.25, 0.3) is 0 Å². The molecule has 0 radical (unpaired) electrons. The minimum Gasteiger partial charge on any atom is -0.316 e. The van der Waals surface area contributed by atoms with Crippen LogP contribution in [0.1, 0.15) is 52.9 Å². The predicted molar refractivity (Wildman–Crippen MR) is 78.8 cm³/mol. The van der Waals surface area contributed by atoms with Crippen molar-refractivity contribution >= 4 is 0 Å². The van der Waals surface area contributed by atoms with Gasteiger partial charge in [-0.25, -0.2) is 0 Å². The van der Waals surface area contributed by atoms with Crippen LogP contribution in [-0.2, 0) is 0 Å². The van der Waals surface area contributed by atoms with E-state index >= 15 is 0 Å². The molecule has 0 aromatic carbocycles. The Morgan fingerprint density at radius 3 is 2.39 bits per heavy atom. The van der Waals surface area contributed by atoms with Gasteiger partial charge in [-0.1, -0.05) is 27.2 Å². The van der Waals surface area contributed by atoms with Gasteiger partial charge in [0.2, 0.25) is 0 Å². The molecule has 2 fully saturated rings. The molecule has 0 amide bonds. The largest absolute Gasteiger partial charge is 0.316 e. The fourth-order valence-corrected chi connectivity index (χ4v) is 3.33. The van der Waals surface area contributed by atoms with Crippen LogP contribution in [0.4, 0.5) is 0 Å².